The van der Waals surface area contributed by atoms with Crippen molar-refractivity contribution in [2.24, 2.45) is 0 Å². The monoisotopic (exact) mass is 570 g/mol. The molecule has 0 aromatic heterocycles. The van der Waals surface area contributed by atoms with Crippen LogP contribution in [0.15, 0.2) is 0 Å². The van der Waals surface area contributed by atoms with E-state index in [0.717, 1.165) is 12.8 Å². The average Bonchev–Trinajstić information content (AvgIpc) is 2.90. The van der Waals surface area contributed by atoms with Gasteiger partial charge in [0, 0.05) is 13.7 Å². The van der Waals surface area contributed by atoms with Gasteiger partial charge in [-0.15, -0.1) is 0 Å². The lowest BCUT2D eigenvalue weighted by Crippen LogP contribution is -2.64. The molecular formula is C27H55O10P. The van der Waals surface area contributed by atoms with Crippen molar-refractivity contribution < 1.29 is 49.0 Å². The van der Waals surface area contributed by atoms with Crippen molar-refractivity contribution >= 4 is 7.60 Å². The second kappa shape index (κ2) is 20.7. The zero-order chi connectivity index (χ0) is 28.4. The molecule has 228 valence electrons. The van der Waals surface area contributed by atoms with Crippen LogP contribution >= 0.6 is 7.60 Å². The molecule has 0 radical (unpaired) electrons. The lowest BCUT2D eigenvalue weighted by Gasteiger charge is -2.41. The van der Waals surface area contributed by atoms with Gasteiger partial charge in [0.25, 0.3) is 0 Å². The molecule has 0 saturated heterocycles. The van der Waals surface area contributed by atoms with E-state index >= 15 is 0 Å². The van der Waals surface area contributed by atoms with Crippen molar-refractivity contribution in [2.45, 2.75) is 146 Å². The molecule has 1 saturated carbocycles. The van der Waals surface area contributed by atoms with E-state index in [4.69, 9.17) is 14.0 Å². The van der Waals surface area contributed by atoms with Crippen LogP contribution in [0.25, 0.3) is 0 Å². The summed E-state index contributed by atoms with van der Waals surface area (Å²) in [5, 5.41) is 49.2. The van der Waals surface area contributed by atoms with Crippen LogP contribution in [0.3, 0.4) is 0 Å². The number of ether oxygens (including phenoxy) is 2. The Kier molecular flexibility index (Phi) is 19.6. The number of methoxy groups -OCH3 is 1. The molecule has 3 unspecified atom stereocenters. The fourth-order valence-corrected chi connectivity index (χ4v) is 6.10. The molecule has 1 fully saturated rings. The first-order valence-corrected chi connectivity index (χ1v) is 16.4. The van der Waals surface area contributed by atoms with Gasteiger partial charge in [-0.3, -0.25) is 9.09 Å². The number of rotatable bonds is 23. The first-order chi connectivity index (χ1) is 18.1. The number of unbranched alkanes of at least 4 members (excludes halogenated alkanes) is 13. The molecular weight excluding hydrogens is 515 g/mol. The quantitative estimate of drug-likeness (QED) is 0.0793. The van der Waals surface area contributed by atoms with Crippen molar-refractivity contribution in [3.63, 3.8) is 0 Å². The van der Waals surface area contributed by atoms with E-state index in [9.17, 15) is 35.0 Å². The summed E-state index contributed by atoms with van der Waals surface area (Å²) in [4.78, 5) is 10.2. The highest BCUT2D eigenvalue weighted by molar-refractivity contribution is 7.52. The summed E-state index contributed by atoms with van der Waals surface area (Å²) in [6.07, 6.45) is 6.52. The van der Waals surface area contributed by atoms with Gasteiger partial charge in [-0.05, 0) is 12.8 Å². The molecule has 1 aliphatic carbocycles. The molecule has 0 bridgehead atoms. The summed E-state index contributed by atoms with van der Waals surface area (Å²) >= 11 is 0. The lowest BCUT2D eigenvalue weighted by atomic mass is 9.85. The smallest absolute Gasteiger partial charge is 0.328 e. The van der Waals surface area contributed by atoms with Crippen LogP contribution in [0, 0.1) is 0 Å². The fraction of sp³-hybridized carbons (Fsp3) is 1.00. The minimum atomic E-state index is -4.31. The van der Waals surface area contributed by atoms with Gasteiger partial charge in [0.05, 0.1) is 18.9 Å². The van der Waals surface area contributed by atoms with Crippen LogP contribution in [0.4, 0.5) is 0 Å². The summed E-state index contributed by atoms with van der Waals surface area (Å²) in [5.41, 5.74) is 0. The molecule has 0 aromatic rings. The van der Waals surface area contributed by atoms with Crippen LogP contribution in [0.5, 0.6) is 0 Å². The SMILES string of the molecule is CCCCCCCCCCCCCCCCOC[C@H](CCP(=O)(O)OC1[C@H](O)[C@H](O)C(O)[C@H](O)[C@H]1O)OC. The van der Waals surface area contributed by atoms with Crippen LogP contribution in [-0.4, -0.2) is 99.6 Å². The maximum atomic E-state index is 12.5. The Labute approximate surface area is 229 Å². The van der Waals surface area contributed by atoms with Crippen molar-refractivity contribution in [1.82, 2.24) is 0 Å². The number of aliphatic hydroxyl groups excluding tert-OH is 5. The second-order valence-corrected chi connectivity index (χ2v) is 12.6. The Morgan fingerprint density at radius 3 is 1.55 bits per heavy atom. The summed E-state index contributed by atoms with van der Waals surface area (Å²) in [6, 6.07) is 0. The number of hydrogen-bond acceptors (Lipinski definition) is 9. The van der Waals surface area contributed by atoms with E-state index in [-0.39, 0.29) is 19.2 Å². The predicted molar refractivity (Wildman–Crippen MR) is 146 cm³/mol. The molecule has 8 atom stereocenters. The minimum absolute atomic E-state index is 0.135. The molecule has 38 heavy (non-hydrogen) atoms. The number of hydrogen-bond donors (Lipinski definition) is 6. The number of aliphatic hydroxyl groups is 5. The Bertz CT molecular complexity index is 609. The third kappa shape index (κ3) is 14.5. The van der Waals surface area contributed by atoms with E-state index in [1.165, 1.54) is 84.2 Å². The summed E-state index contributed by atoms with van der Waals surface area (Å²) in [7, 11) is -2.83. The lowest BCUT2D eigenvalue weighted by molar-refractivity contribution is -0.218. The Balaban J connectivity index is 2.10. The van der Waals surface area contributed by atoms with Crippen molar-refractivity contribution in [3.05, 3.63) is 0 Å². The van der Waals surface area contributed by atoms with E-state index in [1.54, 1.807) is 0 Å². The molecule has 0 aromatic carbocycles. The second-order valence-electron chi connectivity index (χ2n) is 10.7. The maximum absolute atomic E-state index is 12.5. The van der Waals surface area contributed by atoms with E-state index < -0.39 is 50.3 Å². The van der Waals surface area contributed by atoms with E-state index in [0.29, 0.717) is 6.61 Å². The zero-order valence-corrected chi connectivity index (χ0v) is 24.4. The van der Waals surface area contributed by atoms with Crippen LogP contribution < -0.4 is 0 Å². The third-order valence-corrected chi connectivity index (χ3v) is 8.77. The highest BCUT2D eigenvalue weighted by Gasteiger charge is 2.50. The van der Waals surface area contributed by atoms with Gasteiger partial charge >= 0.3 is 7.60 Å². The maximum Gasteiger partial charge on any atom is 0.328 e. The largest absolute Gasteiger partial charge is 0.387 e. The van der Waals surface area contributed by atoms with Gasteiger partial charge in [0.1, 0.15) is 36.6 Å². The van der Waals surface area contributed by atoms with Crippen LogP contribution in [0.1, 0.15) is 103 Å². The highest BCUT2D eigenvalue weighted by atomic mass is 31.2. The molecule has 0 amide bonds. The summed E-state index contributed by atoms with van der Waals surface area (Å²) < 4.78 is 28.5. The topological polar surface area (TPSA) is 166 Å². The van der Waals surface area contributed by atoms with E-state index in [1.807, 2.05) is 0 Å². The molecule has 11 heteroatoms. The van der Waals surface area contributed by atoms with Gasteiger partial charge in [-0.2, -0.15) is 0 Å². The summed E-state index contributed by atoms with van der Waals surface area (Å²) in [5.74, 6) is 0. The first kappa shape index (κ1) is 35.9. The van der Waals surface area contributed by atoms with Gasteiger partial charge in [-0.25, -0.2) is 0 Å². The van der Waals surface area contributed by atoms with Gasteiger partial charge in [0.2, 0.25) is 0 Å². The Morgan fingerprint density at radius 2 is 1.11 bits per heavy atom. The molecule has 1 rings (SSSR count). The average molecular weight is 571 g/mol. The fourth-order valence-electron chi connectivity index (χ4n) is 4.75. The first-order valence-electron chi connectivity index (χ1n) is 14.7. The standard InChI is InChI=1S/C27H55O10P/c1-3-4-5-6-7-8-9-10-11-12-13-14-15-16-18-36-20-21(35-2)17-19-38(33,34)37-27-25(31)23(29)22(28)24(30)26(27)32/h21-32H,3-20H2,1-2H3,(H,33,34)/t21-,22?,23-,24+,25+,26+,27?/m0/s1. The molecule has 6 N–H and O–H groups in total. The Morgan fingerprint density at radius 1 is 0.684 bits per heavy atom. The molecule has 1 aliphatic rings. The zero-order valence-electron chi connectivity index (χ0n) is 23.5. The van der Waals surface area contributed by atoms with Gasteiger partial charge in [0.15, 0.2) is 0 Å². The van der Waals surface area contributed by atoms with Crippen LogP contribution in [-0.2, 0) is 18.6 Å². The van der Waals surface area contributed by atoms with Crippen LogP contribution in [0.2, 0.25) is 0 Å². The third-order valence-electron chi connectivity index (χ3n) is 7.37. The predicted octanol–water partition coefficient (Wildman–Crippen LogP) is 3.28. The Hall–Kier alpha value is -0.130. The highest BCUT2D eigenvalue weighted by Crippen LogP contribution is 2.46. The molecule has 0 aliphatic heterocycles. The van der Waals surface area contributed by atoms with E-state index in [2.05, 4.69) is 6.92 Å². The normalized spacial score (nSPS) is 28.3. The van der Waals surface area contributed by atoms with Gasteiger partial charge < -0.3 is 39.9 Å². The summed E-state index contributed by atoms with van der Waals surface area (Å²) in [6.45, 7) is 3.09. The van der Waals surface area contributed by atoms with Crippen molar-refractivity contribution in [1.29, 1.82) is 0 Å². The minimum Gasteiger partial charge on any atom is -0.387 e. The van der Waals surface area contributed by atoms with Crippen molar-refractivity contribution in [3.8, 4) is 0 Å². The molecule has 0 heterocycles. The molecule has 0 spiro atoms. The molecule has 10 nitrogen and oxygen atoms in total. The van der Waals surface area contributed by atoms with Crippen molar-refractivity contribution in [2.75, 3.05) is 26.5 Å². The van der Waals surface area contributed by atoms with Gasteiger partial charge in [-0.1, -0.05) is 90.4 Å².